The molecule has 1 saturated heterocycles. The first-order valence-electron chi connectivity index (χ1n) is 6.81. The maximum atomic E-state index is 12.0. The van der Waals surface area contributed by atoms with Crippen molar-refractivity contribution >= 4 is 28.3 Å². The monoisotopic (exact) mass is 296 g/mol. The van der Waals surface area contributed by atoms with Gasteiger partial charge in [-0.15, -0.1) is 11.3 Å². The number of nitrogens with zero attached hydrogens (tertiary/aromatic N) is 2. The number of rotatable bonds is 5. The average molecular weight is 296 g/mol. The smallest absolute Gasteiger partial charge is 0.270 e. The van der Waals surface area contributed by atoms with E-state index in [9.17, 15) is 9.59 Å². The fourth-order valence-electron chi connectivity index (χ4n) is 2.23. The number of likely N-dealkylation sites (tertiary alicyclic amines) is 1. The minimum absolute atomic E-state index is 0.186. The molecule has 1 aliphatic heterocycles. The number of nitrogens with one attached hydrogen (secondary N) is 2. The fourth-order valence-corrected chi connectivity index (χ4v) is 2.97. The van der Waals surface area contributed by atoms with Gasteiger partial charge < -0.3 is 10.6 Å². The normalized spacial score (nSPS) is 16.9. The zero-order valence-electron chi connectivity index (χ0n) is 11.8. The summed E-state index contributed by atoms with van der Waals surface area (Å²) < 4.78 is 0. The lowest BCUT2D eigenvalue weighted by molar-refractivity contribution is -0.114. The number of amides is 2. The highest BCUT2D eigenvalue weighted by molar-refractivity contribution is 7.14. The molecule has 2 rings (SSSR count). The molecule has 0 radical (unpaired) electrons. The van der Waals surface area contributed by atoms with Crippen LogP contribution in [0.4, 0.5) is 5.13 Å². The Hall–Kier alpha value is -1.47. The number of aromatic nitrogens is 1. The lowest BCUT2D eigenvalue weighted by Gasteiger charge is -2.23. The van der Waals surface area contributed by atoms with E-state index in [1.54, 1.807) is 5.38 Å². The van der Waals surface area contributed by atoms with Crippen LogP contribution in [0.25, 0.3) is 0 Å². The average Bonchev–Trinajstić information content (AvgIpc) is 3.05. The van der Waals surface area contributed by atoms with Gasteiger partial charge >= 0.3 is 0 Å². The van der Waals surface area contributed by atoms with E-state index in [0.717, 1.165) is 13.1 Å². The molecule has 1 aromatic heterocycles. The molecule has 0 spiro atoms. The Bertz CT molecular complexity index is 482. The number of hydrogen-bond donors (Lipinski definition) is 2. The molecular weight excluding hydrogens is 276 g/mol. The summed E-state index contributed by atoms with van der Waals surface area (Å²) in [5, 5.41) is 7.57. The van der Waals surface area contributed by atoms with Crippen LogP contribution in [0.2, 0.25) is 0 Å². The van der Waals surface area contributed by atoms with Gasteiger partial charge in [0.15, 0.2) is 5.13 Å². The Balaban J connectivity index is 1.81. The van der Waals surface area contributed by atoms with Crippen molar-refractivity contribution in [2.75, 3.05) is 25.0 Å². The Morgan fingerprint density at radius 1 is 1.45 bits per heavy atom. The standard InChI is InChI=1S/C13H20N4O2S/c1-9(17-5-3-4-6-17)7-14-12(19)11-8-20-13(16-11)15-10(2)18/h8-9H,3-7H2,1-2H3,(H,14,19)(H,15,16,18)/t9-/m1/s1. The van der Waals surface area contributed by atoms with Crippen LogP contribution in [0.15, 0.2) is 5.38 Å². The minimum atomic E-state index is -0.191. The van der Waals surface area contributed by atoms with Crippen molar-refractivity contribution < 1.29 is 9.59 Å². The Kier molecular flexibility index (Phi) is 5.08. The van der Waals surface area contributed by atoms with E-state index in [1.807, 2.05) is 0 Å². The molecule has 2 heterocycles. The second-order valence-electron chi connectivity index (χ2n) is 5.02. The van der Waals surface area contributed by atoms with Crippen molar-refractivity contribution in [3.63, 3.8) is 0 Å². The highest BCUT2D eigenvalue weighted by Gasteiger charge is 2.19. The summed E-state index contributed by atoms with van der Waals surface area (Å²) in [6, 6.07) is 0.343. The molecule has 1 aliphatic rings. The maximum absolute atomic E-state index is 12.0. The van der Waals surface area contributed by atoms with E-state index in [0.29, 0.717) is 23.4 Å². The number of anilines is 1. The molecule has 20 heavy (non-hydrogen) atoms. The van der Waals surface area contributed by atoms with Crippen LogP contribution >= 0.6 is 11.3 Å². The summed E-state index contributed by atoms with van der Waals surface area (Å²) in [6.45, 7) is 6.38. The lowest BCUT2D eigenvalue weighted by atomic mass is 10.3. The minimum Gasteiger partial charge on any atom is -0.349 e. The molecular formula is C13H20N4O2S. The maximum Gasteiger partial charge on any atom is 0.270 e. The third kappa shape index (κ3) is 4.01. The van der Waals surface area contributed by atoms with Crippen molar-refractivity contribution in [1.29, 1.82) is 0 Å². The first-order chi connectivity index (χ1) is 9.56. The fraction of sp³-hybridized carbons (Fsp3) is 0.615. The van der Waals surface area contributed by atoms with Crippen LogP contribution in [-0.2, 0) is 4.79 Å². The Labute approximate surface area is 122 Å². The summed E-state index contributed by atoms with van der Waals surface area (Å²) in [5.74, 6) is -0.377. The number of thiazole rings is 1. The van der Waals surface area contributed by atoms with Gasteiger partial charge in [-0.25, -0.2) is 4.98 Å². The molecule has 2 N–H and O–H groups in total. The van der Waals surface area contributed by atoms with E-state index in [1.165, 1.54) is 31.1 Å². The molecule has 0 saturated carbocycles. The van der Waals surface area contributed by atoms with Crippen LogP contribution in [0.1, 0.15) is 37.2 Å². The molecule has 0 aromatic carbocycles. The SMILES string of the molecule is CC(=O)Nc1nc(C(=O)NC[C@@H](C)N2CCCC2)cs1. The molecule has 0 aliphatic carbocycles. The molecule has 7 heteroatoms. The van der Waals surface area contributed by atoms with E-state index in [-0.39, 0.29) is 11.8 Å². The molecule has 110 valence electrons. The van der Waals surface area contributed by atoms with Gasteiger partial charge in [0.25, 0.3) is 5.91 Å². The van der Waals surface area contributed by atoms with Gasteiger partial charge in [0.2, 0.25) is 5.91 Å². The van der Waals surface area contributed by atoms with Crippen LogP contribution in [-0.4, -0.2) is 47.4 Å². The van der Waals surface area contributed by atoms with Crippen LogP contribution < -0.4 is 10.6 Å². The Morgan fingerprint density at radius 2 is 2.15 bits per heavy atom. The van der Waals surface area contributed by atoms with Gasteiger partial charge in [-0.05, 0) is 32.9 Å². The molecule has 6 nitrogen and oxygen atoms in total. The van der Waals surface area contributed by atoms with E-state index < -0.39 is 0 Å². The van der Waals surface area contributed by atoms with Gasteiger partial charge in [-0.2, -0.15) is 0 Å². The van der Waals surface area contributed by atoms with Crippen LogP contribution in [0.3, 0.4) is 0 Å². The summed E-state index contributed by atoms with van der Waals surface area (Å²) in [7, 11) is 0. The van der Waals surface area contributed by atoms with Gasteiger partial charge in [-0.1, -0.05) is 0 Å². The molecule has 1 fully saturated rings. The largest absolute Gasteiger partial charge is 0.349 e. The second kappa shape index (κ2) is 6.81. The molecule has 0 bridgehead atoms. The molecule has 1 aromatic rings. The highest BCUT2D eigenvalue weighted by Crippen LogP contribution is 2.15. The number of hydrogen-bond acceptors (Lipinski definition) is 5. The second-order valence-corrected chi connectivity index (χ2v) is 5.88. The van der Waals surface area contributed by atoms with Gasteiger partial charge in [-0.3, -0.25) is 14.5 Å². The van der Waals surface area contributed by atoms with Crippen molar-refractivity contribution in [2.24, 2.45) is 0 Å². The summed E-state index contributed by atoms with van der Waals surface area (Å²) in [5.41, 5.74) is 0.354. The van der Waals surface area contributed by atoms with E-state index >= 15 is 0 Å². The number of carbonyl (C=O) groups is 2. The van der Waals surface area contributed by atoms with Gasteiger partial charge in [0.05, 0.1) is 0 Å². The van der Waals surface area contributed by atoms with Crippen molar-refractivity contribution in [2.45, 2.75) is 32.7 Å². The third-order valence-corrected chi connectivity index (χ3v) is 4.10. The zero-order valence-corrected chi connectivity index (χ0v) is 12.6. The van der Waals surface area contributed by atoms with E-state index in [2.05, 4.69) is 27.4 Å². The quantitative estimate of drug-likeness (QED) is 0.859. The van der Waals surface area contributed by atoms with Gasteiger partial charge in [0, 0.05) is 24.9 Å². The van der Waals surface area contributed by atoms with Crippen molar-refractivity contribution in [1.82, 2.24) is 15.2 Å². The first kappa shape index (κ1) is 14.9. The predicted octanol–water partition coefficient (Wildman–Crippen LogP) is 1.32. The molecule has 0 unspecified atom stereocenters. The summed E-state index contributed by atoms with van der Waals surface area (Å²) >= 11 is 1.25. The highest BCUT2D eigenvalue weighted by atomic mass is 32.1. The predicted molar refractivity (Wildman–Crippen MR) is 79.0 cm³/mol. The molecule has 1 atom stereocenters. The summed E-state index contributed by atoms with van der Waals surface area (Å²) in [4.78, 5) is 29.3. The van der Waals surface area contributed by atoms with Gasteiger partial charge in [0.1, 0.15) is 5.69 Å². The van der Waals surface area contributed by atoms with Crippen molar-refractivity contribution in [3.8, 4) is 0 Å². The first-order valence-corrected chi connectivity index (χ1v) is 7.69. The third-order valence-electron chi connectivity index (χ3n) is 3.34. The Morgan fingerprint density at radius 3 is 2.80 bits per heavy atom. The van der Waals surface area contributed by atoms with Crippen molar-refractivity contribution in [3.05, 3.63) is 11.1 Å². The lowest BCUT2D eigenvalue weighted by Crippen LogP contribution is -2.40. The van der Waals surface area contributed by atoms with E-state index in [4.69, 9.17) is 0 Å². The molecule has 2 amide bonds. The topological polar surface area (TPSA) is 74.3 Å². The van der Waals surface area contributed by atoms with Crippen LogP contribution in [0.5, 0.6) is 0 Å². The summed E-state index contributed by atoms with van der Waals surface area (Å²) in [6.07, 6.45) is 2.48. The number of carbonyl (C=O) groups excluding carboxylic acids is 2. The zero-order chi connectivity index (χ0) is 14.5. The van der Waals surface area contributed by atoms with Crippen LogP contribution in [0, 0.1) is 0 Å².